The Balaban J connectivity index is 2.80. The molecule has 0 aliphatic carbocycles. The van der Waals surface area contributed by atoms with Crippen molar-refractivity contribution in [2.24, 2.45) is 11.7 Å². The SMILES string of the molecule is CC(C)[C@H](NC(=O)NC(C)(C)C)C(=O)N1CCC[C@H]1C(N)=O. The first kappa shape index (κ1) is 18.3. The first-order chi connectivity index (χ1) is 10.0. The van der Waals surface area contributed by atoms with Crippen LogP contribution in [0.15, 0.2) is 0 Å². The van der Waals surface area contributed by atoms with Crippen LogP contribution < -0.4 is 16.4 Å². The lowest BCUT2D eigenvalue weighted by Crippen LogP contribution is -2.58. The molecule has 0 saturated carbocycles. The Hall–Kier alpha value is -1.79. The van der Waals surface area contributed by atoms with Gasteiger partial charge in [-0.2, -0.15) is 0 Å². The first-order valence-corrected chi connectivity index (χ1v) is 7.71. The van der Waals surface area contributed by atoms with Crippen LogP contribution in [0, 0.1) is 5.92 Å². The van der Waals surface area contributed by atoms with Crippen LogP contribution in [0.25, 0.3) is 0 Å². The number of nitrogens with zero attached hydrogens (tertiary/aromatic N) is 1. The minimum Gasteiger partial charge on any atom is -0.368 e. The molecule has 126 valence electrons. The normalized spacial score (nSPS) is 19.9. The molecule has 1 saturated heterocycles. The summed E-state index contributed by atoms with van der Waals surface area (Å²) in [5.41, 5.74) is 4.96. The van der Waals surface area contributed by atoms with Crippen molar-refractivity contribution < 1.29 is 14.4 Å². The number of carbonyl (C=O) groups excluding carboxylic acids is 3. The molecule has 22 heavy (non-hydrogen) atoms. The van der Waals surface area contributed by atoms with E-state index in [1.165, 1.54) is 4.90 Å². The van der Waals surface area contributed by atoms with E-state index >= 15 is 0 Å². The smallest absolute Gasteiger partial charge is 0.315 e. The Morgan fingerprint density at radius 1 is 1.23 bits per heavy atom. The highest BCUT2D eigenvalue weighted by molar-refractivity contribution is 5.92. The van der Waals surface area contributed by atoms with Gasteiger partial charge < -0.3 is 21.3 Å². The highest BCUT2D eigenvalue weighted by Crippen LogP contribution is 2.19. The summed E-state index contributed by atoms with van der Waals surface area (Å²) in [6.07, 6.45) is 1.33. The van der Waals surface area contributed by atoms with E-state index in [-0.39, 0.29) is 11.8 Å². The van der Waals surface area contributed by atoms with Crippen molar-refractivity contribution in [1.82, 2.24) is 15.5 Å². The van der Waals surface area contributed by atoms with E-state index in [0.29, 0.717) is 13.0 Å². The quantitative estimate of drug-likeness (QED) is 0.707. The number of urea groups is 1. The molecule has 7 heteroatoms. The molecule has 7 nitrogen and oxygen atoms in total. The van der Waals surface area contributed by atoms with Crippen LogP contribution in [-0.2, 0) is 9.59 Å². The average Bonchev–Trinajstić information content (AvgIpc) is 2.81. The third-order valence-corrected chi connectivity index (χ3v) is 3.57. The summed E-state index contributed by atoms with van der Waals surface area (Å²) in [6, 6.07) is -1.64. The van der Waals surface area contributed by atoms with Gasteiger partial charge in [0.2, 0.25) is 11.8 Å². The van der Waals surface area contributed by atoms with E-state index < -0.39 is 29.6 Å². The van der Waals surface area contributed by atoms with Gasteiger partial charge in [0.25, 0.3) is 0 Å². The van der Waals surface area contributed by atoms with E-state index in [0.717, 1.165) is 6.42 Å². The predicted molar refractivity (Wildman–Crippen MR) is 84.0 cm³/mol. The zero-order chi connectivity index (χ0) is 17.1. The van der Waals surface area contributed by atoms with Gasteiger partial charge >= 0.3 is 6.03 Å². The number of rotatable bonds is 4. The van der Waals surface area contributed by atoms with Crippen molar-refractivity contribution in [2.45, 2.75) is 65.1 Å². The fourth-order valence-corrected chi connectivity index (χ4v) is 2.54. The van der Waals surface area contributed by atoms with Crippen molar-refractivity contribution in [1.29, 1.82) is 0 Å². The molecular formula is C15H28N4O3. The number of hydrogen-bond donors (Lipinski definition) is 3. The summed E-state index contributed by atoms with van der Waals surface area (Å²) in [6.45, 7) is 9.80. The van der Waals surface area contributed by atoms with Gasteiger partial charge in [0.1, 0.15) is 12.1 Å². The number of likely N-dealkylation sites (tertiary alicyclic amines) is 1. The number of primary amides is 1. The van der Waals surface area contributed by atoms with Crippen LogP contribution in [-0.4, -0.2) is 46.9 Å². The summed E-state index contributed by atoms with van der Waals surface area (Å²) in [7, 11) is 0. The molecule has 1 rings (SSSR count). The molecule has 0 spiro atoms. The third kappa shape index (κ3) is 4.89. The van der Waals surface area contributed by atoms with Crippen LogP contribution in [0.3, 0.4) is 0 Å². The molecule has 0 unspecified atom stereocenters. The minimum atomic E-state index is -0.678. The standard InChI is InChI=1S/C15H28N4O3/c1-9(2)11(17-14(22)18-15(3,4)5)13(21)19-8-6-7-10(19)12(16)20/h9-11H,6-8H2,1-5H3,(H2,16,20)(H2,17,18,22)/t10-,11-/m0/s1. The summed E-state index contributed by atoms with van der Waals surface area (Å²) < 4.78 is 0. The molecule has 0 aromatic carbocycles. The maximum Gasteiger partial charge on any atom is 0.315 e. The first-order valence-electron chi connectivity index (χ1n) is 7.71. The molecule has 4 amide bonds. The molecule has 0 aromatic heterocycles. The number of amides is 4. The molecule has 2 atom stereocenters. The van der Waals surface area contributed by atoms with Crippen molar-refractivity contribution in [3.05, 3.63) is 0 Å². The zero-order valence-electron chi connectivity index (χ0n) is 14.1. The Kier molecular flexibility index (Phi) is 5.79. The van der Waals surface area contributed by atoms with E-state index in [2.05, 4.69) is 10.6 Å². The Morgan fingerprint density at radius 3 is 2.27 bits per heavy atom. The molecule has 0 bridgehead atoms. The maximum atomic E-state index is 12.7. The fraction of sp³-hybridized carbons (Fsp3) is 0.800. The predicted octanol–water partition coefficient (Wildman–Crippen LogP) is 0.585. The number of nitrogens with one attached hydrogen (secondary N) is 2. The summed E-state index contributed by atoms with van der Waals surface area (Å²) in [5.74, 6) is -0.833. The van der Waals surface area contributed by atoms with Crippen LogP contribution in [0.1, 0.15) is 47.5 Å². The number of carbonyl (C=O) groups is 3. The van der Waals surface area contributed by atoms with E-state index in [1.54, 1.807) is 0 Å². The van der Waals surface area contributed by atoms with Gasteiger partial charge in [-0.1, -0.05) is 13.8 Å². The van der Waals surface area contributed by atoms with Crippen LogP contribution >= 0.6 is 0 Å². The second-order valence-electron chi connectivity index (χ2n) is 7.16. The van der Waals surface area contributed by atoms with Gasteiger partial charge in [-0.05, 0) is 39.5 Å². The number of hydrogen-bond acceptors (Lipinski definition) is 3. The topological polar surface area (TPSA) is 105 Å². The van der Waals surface area contributed by atoms with Gasteiger partial charge in [-0.3, -0.25) is 9.59 Å². The summed E-state index contributed by atoms with van der Waals surface area (Å²) in [5, 5.41) is 5.49. The van der Waals surface area contributed by atoms with E-state index in [9.17, 15) is 14.4 Å². The molecule has 1 fully saturated rings. The highest BCUT2D eigenvalue weighted by atomic mass is 16.2. The molecule has 0 radical (unpaired) electrons. The molecule has 0 aromatic rings. The van der Waals surface area contributed by atoms with Crippen molar-refractivity contribution in [3.8, 4) is 0 Å². The van der Waals surface area contributed by atoms with Gasteiger partial charge in [-0.15, -0.1) is 0 Å². The zero-order valence-corrected chi connectivity index (χ0v) is 14.1. The molecule has 1 heterocycles. The van der Waals surface area contributed by atoms with Gasteiger partial charge in [-0.25, -0.2) is 4.79 Å². The Morgan fingerprint density at radius 2 is 1.82 bits per heavy atom. The van der Waals surface area contributed by atoms with Crippen molar-refractivity contribution >= 4 is 17.8 Å². The lowest BCUT2D eigenvalue weighted by Gasteiger charge is -2.31. The van der Waals surface area contributed by atoms with Crippen molar-refractivity contribution in [3.63, 3.8) is 0 Å². The van der Waals surface area contributed by atoms with E-state index in [1.807, 2.05) is 34.6 Å². The summed E-state index contributed by atoms with van der Waals surface area (Å²) >= 11 is 0. The number of nitrogens with two attached hydrogens (primary N) is 1. The van der Waals surface area contributed by atoms with E-state index in [4.69, 9.17) is 5.73 Å². The maximum absolute atomic E-state index is 12.7. The fourth-order valence-electron chi connectivity index (χ4n) is 2.54. The van der Waals surface area contributed by atoms with Crippen molar-refractivity contribution in [2.75, 3.05) is 6.54 Å². The molecule has 1 aliphatic heterocycles. The van der Waals surface area contributed by atoms with Crippen LogP contribution in [0.5, 0.6) is 0 Å². The third-order valence-electron chi connectivity index (χ3n) is 3.57. The van der Waals surface area contributed by atoms with Gasteiger partial charge in [0.05, 0.1) is 0 Å². The average molecular weight is 312 g/mol. The van der Waals surface area contributed by atoms with Crippen LogP contribution in [0.2, 0.25) is 0 Å². The Bertz CT molecular complexity index is 443. The monoisotopic (exact) mass is 312 g/mol. The lowest BCUT2D eigenvalue weighted by atomic mass is 10.0. The molecule has 1 aliphatic rings. The highest BCUT2D eigenvalue weighted by Gasteiger charge is 2.37. The molecular weight excluding hydrogens is 284 g/mol. The summed E-state index contributed by atoms with van der Waals surface area (Å²) in [4.78, 5) is 37.6. The largest absolute Gasteiger partial charge is 0.368 e. The second kappa shape index (κ2) is 6.98. The van der Waals surface area contributed by atoms with Gasteiger partial charge in [0.15, 0.2) is 0 Å². The lowest BCUT2D eigenvalue weighted by molar-refractivity contribution is -0.139. The Labute approximate surface area is 132 Å². The molecule has 4 N–H and O–H groups in total. The second-order valence-corrected chi connectivity index (χ2v) is 7.16. The van der Waals surface area contributed by atoms with Gasteiger partial charge in [0, 0.05) is 12.1 Å². The minimum absolute atomic E-state index is 0.0904. The van der Waals surface area contributed by atoms with Crippen LogP contribution in [0.4, 0.5) is 4.79 Å².